The number of nitrogens with zero attached hydrogens (tertiary/aromatic N) is 2. The van der Waals surface area contributed by atoms with Gasteiger partial charge in [0, 0.05) is 31.1 Å². The topological polar surface area (TPSA) is 48.3 Å². The van der Waals surface area contributed by atoms with E-state index in [1.807, 2.05) is 6.07 Å². The van der Waals surface area contributed by atoms with E-state index in [4.69, 9.17) is 14.5 Å². The summed E-state index contributed by atoms with van der Waals surface area (Å²) in [6.07, 6.45) is 6.01. The van der Waals surface area contributed by atoms with Gasteiger partial charge in [-0.3, -0.25) is 0 Å². The molecule has 0 amide bonds. The van der Waals surface area contributed by atoms with Crippen LogP contribution in [0.25, 0.3) is 11.0 Å². The molecule has 0 radical (unpaired) electrons. The van der Waals surface area contributed by atoms with E-state index in [-0.39, 0.29) is 0 Å². The number of hydrogen-bond acceptors (Lipinski definition) is 4. The molecule has 23 heavy (non-hydrogen) atoms. The van der Waals surface area contributed by atoms with Gasteiger partial charge in [0.1, 0.15) is 5.82 Å². The molecule has 1 unspecified atom stereocenters. The Labute approximate surface area is 138 Å². The van der Waals surface area contributed by atoms with Gasteiger partial charge in [0.2, 0.25) is 0 Å². The van der Waals surface area contributed by atoms with E-state index in [1.54, 1.807) is 14.2 Å². The van der Waals surface area contributed by atoms with Gasteiger partial charge in [0.05, 0.1) is 25.3 Å². The van der Waals surface area contributed by atoms with Crippen molar-refractivity contribution in [3.05, 3.63) is 18.0 Å². The molecule has 0 saturated carbocycles. The third-order valence-corrected chi connectivity index (χ3v) is 4.76. The minimum absolute atomic E-state index is 0.631. The molecule has 1 N–H and O–H groups in total. The lowest BCUT2D eigenvalue weighted by molar-refractivity contribution is 0.355. The molecule has 2 heterocycles. The second kappa shape index (κ2) is 7.21. The van der Waals surface area contributed by atoms with Gasteiger partial charge >= 0.3 is 0 Å². The number of nitrogens with one attached hydrogen (secondary N) is 1. The van der Waals surface area contributed by atoms with Crippen molar-refractivity contribution in [3.8, 4) is 11.5 Å². The number of fused-ring (bicyclic) bond motifs is 1. The first-order valence-electron chi connectivity index (χ1n) is 8.61. The molecule has 0 aliphatic carbocycles. The van der Waals surface area contributed by atoms with E-state index in [0.29, 0.717) is 6.04 Å². The number of hydrogen-bond donors (Lipinski definition) is 1. The highest BCUT2D eigenvalue weighted by molar-refractivity contribution is 5.80. The quantitative estimate of drug-likeness (QED) is 0.889. The summed E-state index contributed by atoms with van der Waals surface area (Å²) in [7, 11) is 3.34. The van der Waals surface area contributed by atoms with Gasteiger partial charge in [0.25, 0.3) is 0 Å². The molecule has 5 heteroatoms. The average Bonchev–Trinajstić information content (AvgIpc) is 2.96. The van der Waals surface area contributed by atoms with Crippen LogP contribution in [0.15, 0.2) is 12.1 Å². The summed E-state index contributed by atoms with van der Waals surface area (Å²) in [4.78, 5) is 4.79. The zero-order valence-electron chi connectivity index (χ0n) is 14.4. The number of methoxy groups -OCH3 is 2. The zero-order valence-corrected chi connectivity index (χ0v) is 14.4. The Morgan fingerprint density at radius 2 is 2.00 bits per heavy atom. The van der Waals surface area contributed by atoms with Gasteiger partial charge in [-0.1, -0.05) is 13.3 Å². The Bertz CT molecular complexity index is 660. The summed E-state index contributed by atoms with van der Waals surface area (Å²) in [5, 5.41) is 3.63. The number of rotatable bonds is 6. The minimum atomic E-state index is 0.631. The predicted molar refractivity (Wildman–Crippen MR) is 92.5 cm³/mol. The maximum atomic E-state index is 5.46. The second-order valence-corrected chi connectivity index (χ2v) is 6.16. The smallest absolute Gasteiger partial charge is 0.163 e. The van der Waals surface area contributed by atoms with E-state index in [1.165, 1.54) is 19.3 Å². The van der Waals surface area contributed by atoms with Crippen molar-refractivity contribution in [1.29, 1.82) is 0 Å². The van der Waals surface area contributed by atoms with Gasteiger partial charge in [-0.25, -0.2) is 4.98 Å². The van der Waals surface area contributed by atoms with Gasteiger partial charge < -0.3 is 19.4 Å². The van der Waals surface area contributed by atoms with Crippen LogP contribution in [0.4, 0.5) is 0 Å². The molecule has 0 spiro atoms. The Kier molecular flexibility index (Phi) is 5.06. The van der Waals surface area contributed by atoms with E-state index < -0.39 is 0 Å². The molecular weight excluding hydrogens is 290 g/mol. The predicted octanol–water partition coefficient (Wildman–Crippen LogP) is 3.15. The first kappa shape index (κ1) is 16.1. The normalized spacial score (nSPS) is 18.3. The molecular formula is C18H27N3O2. The van der Waals surface area contributed by atoms with Crippen LogP contribution in [0.1, 0.15) is 38.4 Å². The summed E-state index contributed by atoms with van der Waals surface area (Å²) in [5.74, 6) is 2.63. The van der Waals surface area contributed by atoms with Crippen molar-refractivity contribution < 1.29 is 9.47 Å². The lowest BCUT2D eigenvalue weighted by Gasteiger charge is -2.24. The van der Waals surface area contributed by atoms with E-state index >= 15 is 0 Å². The maximum Gasteiger partial charge on any atom is 0.163 e. The SMILES string of the molecule is CCc1nc2cc(OC)c(OC)cc2n1CCC1CCCCN1. The molecule has 126 valence electrons. The van der Waals surface area contributed by atoms with Crippen molar-refractivity contribution >= 4 is 11.0 Å². The molecule has 1 aromatic carbocycles. The van der Waals surface area contributed by atoms with Crippen LogP contribution >= 0.6 is 0 Å². The van der Waals surface area contributed by atoms with Crippen LogP contribution in [-0.4, -0.2) is 36.4 Å². The number of piperidine rings is 1. The van der Waals surface area contributed by atoms with Crippen LogP contribution in [-0.2, 0) is 13.0 Å². The van der Waals surface area contributed by atoms with Gasteiger partial charge in [0.15, 0.2) is 11.5 Å². The van der Waals surface area contributed by atoms with Gasteiger partial charge in [-0.2, -0.15) is 0 Å². The zero-order chi connectivity index (χ0) is 16.2. The standard InChI is InChI=1S/C18H27N3O2/c1-4-18-20-14-11-16(22-2)17(23-3)12-15(14)21(18)10-8-13-7-5-6-9-19-13/h11-13,19H,4-10H2,1-3H3. The third-order valence-electron chi connectivity index (χ3n) is 4.76. The summed E-state index contributed by atoms with van der Waals surface area (Å²) in [6, 6.07) is 4.66. The Morgan fingerprint density at radius 3 is 2.65 bits per heavy atom. The molecule has 3 rings (SSSR count). The summed E-state index contributed by atoms with van der Waals surface area (Å²) in [5.41, 5.74) is 2.12. The lowest BCUT2D eigenvalue weighted by Crippen LogP contribution is -2.34. The molecule has 1 aliphatic heterocycles. The third kappa shape index (κ3) is 3.29. The highest BCUT2D eigenvalue weighted by atomic mass is 16.5. The number of benzene rings is 1. The first-order chi connectivity index (χ1) is 11.3. The fourth-order valence-corrected chi connectivity index (χ4v) is 3.48. The molecule has 1 fully saturated rings. The van der Waals surface area contributed by atoms with Crippen LogP contribution in [0.5, 0.6) is 11.5 Å². The molecule has 1 aromatic heterocycles. The van der Waals surface area contributed by atoms with E-state index in [2.05, 4.69) is 22.9 Å². The van der Waals surface area contributed by atoms with Crippen LogP contribution in [0.3, 0.4) is 0 Å². The highest BCUT2D eigenvalue weighted by Crippen LogP contribution is 2.32. The molecule has 1 atom stereocenters. The number of aromatic nitrogens is 2. The molecule has 1 saturated heterocycles. The Morgan fingerprint density at radius 1 is 1.22 bits per heavy atom. The number of ether oxygens (including phenoxy) is 2. The molecule has 1 aliphatic rings. The summed E-state index contributed by atoms with van der Waals surface area (Å²) >= 11 is 0. The second-order valence-electron chi connectivity index (χ2n) is 6.16. The van der Waals surface area contributed by atoms with E-state index in [9.17, 15) is 0 Å². The number of aryl methyl sites for hydroxylation is 2. The van der Waals surface area contributed by atoms with Crippen LogP contribution in [0.2, 0.25) is 0 Å². The monoisotopic (exact) mass is 317 g/mol. The molecule has 0 bridgehead atoms. The average molecular weight is 317 g/mol. The maximum absolute atomic E-state index is 5.46. The summed E-state index contributed by atoms with van der Waals surface area (Å²) in [6.45, 7) is 4.30. The molecule has 2 aromatic rings. The Balaban J connectivity index is 1.90. The van der Waals surface area contributed by atoms with Crippen LogP contribution < -0.4 is 14.8 Å². The Hall–Kier alpha value is -1.75. The fraction of sp³-hybridized carbons (Fsp3) is 0.611. The van der Waals surface area contributed by atoms with Crippen molar-refractivity contribution in [3.63, 3.8) is 0 Å². The first-order valence-corrected chi connectivity index (χ1v) is 8.61. The van der Waals surface area contributed by atoms with Crippen molar-refractivity contribution in [1.82, 2.24) is 14.9 Å². The summed E-state index contributed by atoms with van der Waals surface area (Å²) < 4.78 is 13.2. The number of imidazole rings is 1. The van der Waals surface area contributed by atoms with Crippen molar-refractivity contribution in [2.45, 2.75) is 51.6 Å². The van der Waals surface area contributed by atoms with Crippen molar-refractivity contribution in [2.24, 2.45) is 0 Å². The lowest BCUT2D eigenvalue weighted by atomic mass is 10.0. The highest BCUT2D eigenvalue weighted by Gasteiger charge is 2.17. The molecule has 5 nitrogen and oxygen atoms in total. The van der Waals surface area contributed by atoms with E-state index in [0.717, 1.165) is 54.3 Å². The largest absolute Gasteiger partial charge is 0.493 e. The minimum Gasteiger partial charge on any atom is -0.493 e. The van der Waals surface area contributed by atoms with Gasteiger partial charge in [-0.15, -0.1) is 0 Å². The van der Waals surface area contributed by atoms with Crippen molar-refractivity contribution in [2.75, 3.05) is 20.8 Å². The fourth-order valence-electron chi connectivity index (χ4n) is 3.48. The van der Waals surface area contributed by atoms with Crippen LogP contribution in [0, 0.1) is 0 Å². The van der Waals surface area contributed by atoms with Gasteiger partial charge in [-0.05, 0) is 25.8 Å².